The van der Waals surface area contributed by atoms with E-state index in [1.54, 1.807) is 7.11 Å². The number of ether oxygens (including phenoxy) is 2. The Bertz CT molecular complexity index is 603. The average molecular weight is 346 g/mol. The predicted octanol–water partition coefficient (Wildman–Crippen LogP) is 2.26. The molecule has 1 amide bonds. The van der Waals surface area contributed by atoms with Crippen molar-refractivity contribution in [2.75, 3.05) is 46.5 Å². The highest BCUT2D eigenvalue weighted by molar-refractivity contribution is 5.79. The maximum atomic E-state index is 12.7. The SMILES string of the molecule is COc1cc(CC(=O)N2CCC(C)(N3CCOCC3)CC2)ccc1C. The van der Waals surface area contributed by atoms with Crippen LogP contribution in [0.15, 0.2) is 18.2 Å². The molecule has 0 spiro atoms. The standard InChI is InChI=1S/C20H30N2O3/c1-16-4-5-17(14-18(16)24-3)15-19(23)21-8-6-20(2,7-9-21)22-10-12-25-13-11-22/h4-5,14H,6-13,15H2,1-3H3. The third-order valence-electron chi connectivity index (χ3n) is 5.80. The van der Waals surface area contributed by atoms with Gasteiger partial charge in [0.1, 0.15) is 5.75 Å². The molecule has 5 heteroatoms. The number of morpholine rings is 1. The van der Waals surface area contributed by atoms with Crippen molar-refractivity contribution < 1.29 is 14.3 Å². The third-order valence-corrected chi connectivity index (χ3v) is 5.80. The summed E-state index contributed by atoms with van der Waals surface area (Å²) in [5.41, 5.74) is 2.32. The lowest BCUT2D eigenvalue weighted by molar-refractivity contribution is -0.133. The van der Waals surface area contributed by atoms with E-state index in [0.717, 1.165) is 69.1 Å². The second-order valence-corrected chi connectivity index (χ2v) is 7.46. The van der Waals surface area contributed by atoms with Crippen LogP contribution in [0.3, 0.4) is 0 Å². The highest BCUT2D eigenvalue weighted by Crippen LogP contribution is 2.29. The summed E-state index contributed by atoms with van der Waals surface area (Å²) >= 11 is 0. The first-order valence-electron chi connectivity index (χ1n) is 9.26. The van der Waals surface area contributed by atoms with Crippen LogP contribution in [0.5, 0.6) is 5.75 Å². The molecule has 0 saturated carbocycles. The first-order valence-corrected chi connectivity index (χ1v) is 9.26. The van der Waals surface area contributed by atoms with Crippen LogP contribution in [0, 0.1) is 6.92 Å². The second kappa shape index (κ2) is 7.75. The van der Waals surface area contributed by atoms with Crippen molar-refractivity contribution in [2.24, 2.45) is 0 Å². The van der Waals surface area contributed by atoms with E-state index in [2.05, 4.69) is 11.8 Å². The van der Waals surface area contributed by atoms with Crippen LogP contribution in [0.1, 0.15) is 30.9 Å². The minimum Gasteiger partial charge on any atom is -0.496 e. The number of hydrogen-bond acceptors (Lipinski definition) is 4. The molecule has 2 aliphatic heterocycles. The topological polar surface area (TPSA) is 42.0 Å². The number of rotatable bonds is 4. The molecule has 0 radical (unpaired) electrons. The molecule has 0 bridgehead atoms. The summed E-state index contributed by atoms with van der Waals surface area (Å²) in [5.74, 6) is 1.07. The molecule has 5 nitrogen and oxygen atoms in total. The molecule has 1 aromatic rings. The lowest BCUT2D eigenvalue weighted by atomic mass is 9.87. The van der Waals surface area contributed by atoms with Gasteiger partial charge in [-0.1, -0.05) is 12.1 Å². The van der Waals surface area contributed by atoms with E-state index in [1.807, 2.05) is 30.0 Å². The van der Waals surface area contributed by atoms with Gasteiger partial charge in [-0.25, -0.2) is 0 Å². The number of carbonyl (C=O) groups is 1. The highest BCUT2D eigenvalue weighted by atomic mass is 16.5. The summed E-state index contributed by atoms with van der Waals surface area (Å²) in [7, 11) is 1.67. The number of aryl methyl sites for hydroxylation is 1. The number of piperidine rings is 1. The number of benzene rings is 1. The van der Waals surface area contributed by atoms with E-state index < -0.39 is 0 Å². The number of hydrogen-bond donors (Lipinski definition) is 0. The third kappa shape index (κ3) is 4.15. The molecule has 3 rings (SSSR count). The Morgan fingerprint density at radius 3 is 2.52 bits per heavy atom. The van der Waals surface area contributed by atoms with Crippen LogP contribution in [0.4, 0.5) is 0 Å². The minimum atomic E-state index is 0.202. The number of nitrogens with zero attached hydrogens (tertiary/aromatic N) is 2. The van der Waals surface area contributed by atoms with Gasteiger partial charge < -0.3 is 14.4 Å². The van der Waals surface area contributed by atoms with Crippen LogP contribution in [0.2, 0.25) is 0 Å². The summed E-state index contributed by atoms with van der Waals surface area (Å²) < 4.78 is 10.8. The zero-order chi connectivity index (χ0) is 17.9. The van der Waals surface area contributed by atoms with Crippen LogP contribution >= 0.6 is 0 Å². The first kappa shape index (κ1) is 18.2. The van der Waals surface area contributed by atoms with Gasteiger partial charge in [0.25, 0.3) is 0 Å². The van der Waals surface area contributed by atoms with Crippen LogP contribution < -0.4 is 4.74 Å². The fourth-order valence-electron chi connectivity index (χ4n) is 3.92. The van der Waals surface area contributed by atoms with Gasteiger partial charge in [-0.2, -0.15) is 0 Å². The number of amides is 1. The van der Waals surface area contributed by atoms with Crippen molar-refractivity contribution in [3.05, 3.63) is 29.3 Å². The fourth-order valence-corrected chi connectivity index (χ4v) is 3.92. The van der Waals surface area contributed by atoms with Gasteiger partial charge in [0.15, 0.2) is 0 Å². The smallest absolute Gasteiger partial charge is 0.226 e. The van der Waals surface area contributed by atoms with Gasteiger partial charge in [0.05, 0.1) is 26.7 Å². The van der Waals surface area contributed by atoms with Crippen LogP contribution in [-0.2, 0) is 16.0 Å². The highest BCUT2D eigenvalue weighted by Gasteiger charge is 2.37. The van der Waals surface area contributed by atoms with Gasteiger partial charge in [-0.3, -0.25) is 9.69 Å². The largest absolute Gasteiger partial charge is 0.496 e. The molecule has 0 aromatic heterocycles. The van der Waals surface area contributed by atoms with Gasteiger partial charge in [-0.05, 0) is 43.9 Å². The van der Waals surface area contributed by atoms with Crippen molar-refractivity contribution >= 4 is 5.91 Å². The summed E-state index contributed by atoms with van der Waals surface area (Å²) in [4.78, 5) is 17.3. The van der Waals surface area contributed by atoms with E-state index in [4.69, 9.17) is 9.47 Å². The summed E-state index contributed by atoms with van der Waals surface area (Å²) in [6.45, 7) is 9.71. The lowest BCUT2D eigenvalue weighted by Gasteiger charge is -2.48. The van der Waals surface area contributed by atoms with E-state index in [9.17, 15) is 4.79 Å². The fraction of sp³-hybridized carbons (Fsp3) is 0.650. The Kier molecular flexibility index (Phi) is 5.64. The van der Waals surface area contributed by atoms with Crippen molar-refractivity contribution in [3.8, 4) is 5.75 Å². The van der Waals surface area contributed by atoms with E-state index in [1.165, 1.54) is 0 Å². The zero-order valence-corrected chi connectivity index (χ0v) is 15.7. The molecule has 0 atom stereocenters. The molecular weight excluding hydrogens is 316 g/mol. The Morgan fingerprint density at radius 1 is 1.20 bits per heavy atom. The van der Waals surface area contributed by atoms with Crippen molar-refractivity contribution in [3.63, 3.8) is 0 Å². The molecule has 0 N–H and O–H groups in total. The summed E-state index contributed by atoms with van der Waals surface area (Å²) in [5, 5.41) is 0. The van der Waals surface area contributed by atoms with Gasteiger partial charge in [0, 0.05) is 31.7 Å². The van der Waals surface area contributed by atoms with Gasteiger partial charge in [0.2, 0.25) is 5.91 Å². The molecule has 0 aliphatic carbocycles. The minimum absolute atomic E-state index is 0.202. The van der Waals surface area contributed by atoms with E-state index in [-0.39, 0.29) is 11.4 Å². The lowest BCUT2D eigenvalue weighted by Crippen LogP contribution is -2.57. The normalized spacial score (nSPS) is 21.2. The molecule has 1 aromatic carbocycles. The average Bonchev–Trinajstić information content (AvgIpc) is 2.64. The Balaban J connectivity index is 1.56. The van der Waals surface area contributed by atoms with Crippen molar-refractivity contribution in [1.82, 2.24) is 9.80 Å². The maximum Gasteiger partial charge on any atom is 0.226 e. The molecule has 2 fully saturated rings. The van der Waals surface area contributed by atoms with Crippen molar-refractivity contribution in [1.29, 1.82) is 0 Å². The predicted molar refractivity (Wildman–Crippen MR) is 98.0 cm³/mol. The Hall–Kier alpha value is -1.59. The van der Waals surface area contributed by atoms with Gasteiger partial charge >= 0.3 is 0 Å². The Labute approximate surface area is 150 Å². The number of carbonyl (C=O) groups excluding carboxylic acids is 1. The number of likely N-dealkylation sites (tertiary alicyclic amines) is 1. The molecule has 2 aliphatic rings. The molecule has 25 heavy (non-hydrogen) atoms. The molecule has 2 saturated heterocycles. The molecular formula is C20H30N2O3. The molecule has 0 unspecified atom stereocenters. The number of methoxy groups -OCH3 is 1. The second-order valence-electron chi connectivity index (χ2n) is 7.46. The van der Waals surface area contributed by atoms with E-state index >= 15 is 0 Å². The quantitative estimate of drug-likeness (QED) is 0.839. The van der Waals surface area contributed by atoms with Crippen LogP contribution in [0.25, 0.3) is 0 Å². The van der Waals surface area contributed by atoms with Crippen molar-refractivity contribution in [2.45, 2.75) is 38.6 Å². The zero-order valence-electron chi connectivity index (χ0n) is 15.7. The molecule has 138 valence electrons. The summed E-state index contributed by atoms with van der Waals surface area (Å²) in [6, 6.07) is 6.03. The first-order chi connectivity index (χ1) is 12.0. The maximum absolute atomic E-state index is 12.7. The van der Waals surface area contributed by atoms with E-state index in [0.29, 0.717) is 6.42 Å². The molecule has 2 heterocycles. The monoisotopic (exact) mass is 346 g/mol. The van der Waals surface area contributed by atoms with Gasteiger partial charge in [-0.15, -0.1) is 0 Å². The summed E-state index contributed by atoms with van der Waals surface area (Å²) in [6.07, 6.45) is 2.52. The van der Waals surface area contributed by atoms with Crippen LogP contribution in [-0.4, -0.2) is 67.7 Å². The Morgan fingerprint density at radius 2 is 1.88 bits per heavy atom.